The second-order valence-corrected chi connectivity index (χ2v) is 4.23. The summed E-state index contributed by atoms with van der Waals surface area (Å²) in [6, 6.07) is 0.502. The van der Waals surface area contributed by atoms with E-state index in [1.807, 2.05) is 7.05 Å². The Morgan fingerprint density at radius 1 is 1.43 bits per heavy atom. The maximum Gasteiger partial charge on any atom is 0.0723 e. The number of halogens is 3. The Hall–Kier alpha value is 0.750. The van der Waals surface area contributed by atoms with E-state index in [9.17, 15) is 5.11 Å². The first-order valence-electron chi connectivity index (χ1n) is 4.47. The molecule has 3 nitrogen and oxygen atoms in total. The first-order valence-corrected chi connectivity index (χ1v) is 4.91. The maximum absolute atomic E-state index is 9.68. The number of nitrogens with zero attached hydrogens (tertiary/aromatic N) is 1. The predicted octanol–water partition coefficient (Wildman–Crippen LogP) is 0.474. The number of hydrogen-bond acceptors (Lipinski definition) is 3. The highest BCUT2D eigenvalue weighted by Gasteiger charge is 2.46. The van der Waals surface area contributed by atoms with Crippen molar-refractivity contribution in [2.45, 2.75) is 30.0 Å². The van der Waals surface area contributed by atoms with Crippen LogP contribution in [0.1, 0.15) is 6.42 Å². The molecule has 0 aliphatic carbocycles. The van der Waals surface area contributed by atoms with Crippen LogP contribution in [0.2, 0.25) is 0 Å². The molecule has 2 unspecified atom stereocenters. The average molecular weight is 264 g/mol. The lowest BCUT2D eigenvalue weighted by Crippen LogP contribution is -2.45. The molecule has 2 fully saturated rings. The van der Waals surface area contributed by atoms with Gasteiger partial charge in [0.05, 0.1) is 17.5 Å². The first kappa shape index (κ1) is 14.8. The average Bonchev–Trinajstić information content (AvgIpc) is 2.52. The Balaban J connectivity index is 0.000000845. The molecule has 0 aromatic heterocycles. The maximum atomic E-state index is 9.68. The second kappa shape index (κ2) is 5.73. The fourth-order valence-electron chi connectivity index (χ4n) is 2.44. The smallest absolute Gasteiger partial charge is 0.0723 e. The molecule has 4 atom stereocenters. The van der Waals surface area contributed by atoms with Crippen molar-refractivity contribution < 1.29 is 5.11 Å². The molecule has 2 rings (SSSR count). The quantitative estimate of drug-likeness (QED) is 0.676. The molecule has 2 aliphatic heterocycles. The van der Waals surface area contributed by atoms with Crippen molar-refractivity contribution in [1.29, 1.82) is 0 Å². The number of fused-ring (bicyclic) bond motifs is 1. The number of hydrogen-bond donors (Lipinski definition) is 2. The Labute approximate surface area is 102 Å². The van der Waals surface area contributed by atoms with E-state index >= 15 is 0 Å². The number of rotatable bonds is 1. The van der Waals surface area contributed by atoms with Gasteiger partial charge in [-0.2, -0.15) is 0 Å². The van der Waals surface area contributed by atoms with Gasteiger partial charge < -0.3 is 10.4 Å². The predicted molar refractivity (Wildman–Crippen MR) is 63.0 cm³/mol. The van der Waals surface area contributed by atoms with Crippen molar-refractivity contribution in [3.63, 3.8) is 0 Å². The molecule has 0 amide bonds. The molecule has 6 heteroatoms. The summed E-state index contributed by atoms with van der Waals surface area (Å²) in [6.45, 7) is 1.90. The van der Waals surface area contributed by atoms with Gasteiger partial charge in [0, 0.05) is 19.1 Å². The first-order chi connectivity index (χ1) is 5.74. The van der Waals surface area contributed by atoms with E-state index in [0.29, 0.717) is 0 Å². The van der Waals surface area contributed by atoms with Crippen LogP contribution in [-0.2, 0) is 0 Å². The van der Waals surface area contributed by atoms with Crippen molar-refractivity contribution in [3.8, 4) is 0 Å². The van der Waals surface area contributed by atoms with E-state index in [1.165, 1.54) is 0 Å². The lowest BCUT2D eigenvalue weighted by atomic mass is 10.0. The zero-order valence-electron chi connectivity index (χ0n) is 8.02. The molecule has 86 valence electrons. The Morgan fingerprint density at radius 2 is 2.07 bits per heavy atom. The standard InChI is InChI=1S/C8H15ClN2O.2ClH/c1-10-7-5(9)4-11-3-2-6(12)8(7)11;;/h5-8,10,12H,2-4H2,1H3;2*1H/t5?,6-,7?,8+;;/m1../s1. The molecular formula is C8H17Cl3N2O. The van der Waals surface area contributed by atoms with Crippen LogP contribution in [0.25, 0.3) is 0 Å². The number of likely N-dealkylation sites (N-methyl/N-ethyl adjacent to an activating group) is 1. The third-order valence-electron chi connectivity index (χ3n) is 3.03. The Bertz CT molecular complexity index is 184. The molecule has 0 bridgehead atoms. The van der Waals surface area contributed by atoms with Crippen LogP contribution in [0.5, 0.6) is 0 Å². The highest BCUT2D eigenvalue weighted by atomic mass is 35.5. The molecule has 0 aromatic rings. The van der Waals surface area contributed by atoms with E-state index in [0.717, 1.165) is 19.5 Å². The molecule has 2 aliphatic rings. The number of alkyl halides is 1. The summed E-state index contributed by atoms with van der Waals surface area (Å²) >= 11 is 6.13. The summed E-state index contributed by atoms with van der Waals surface area (Å²) in [5, 5.41) is 13.0. The number of aliphatic hydroxyl groups is 1. The summed E-state index contributed by atoms with van der Waals surface area (Å²) in [7, 11) is 1.91. The van der Waals surface area contributed by atoms with Gasteiger partial charge >= 0.3 is 0 Å². The molecule has 0 spiro atoms. The molecule has 14 heavy (non-hydrogen) atoms. The Morgan fingerprint density at radius 3 is 2.64 bits per heavy atom. The van der Waals surface area contributed by atoms with Crippen LogP contribution in [0.4, 0.5) is 0 Å². The van der Waals surface area contributed by atoms with E-state index in [4.69, 9.17) is 11.6 Å². The number of nitrogens with one attached hydrogen (secondary N) is 1. The van der Waals surface area contributed by atoms with Crippen LogP contribution < -0.4 is 5.32 Å². The van der Waals surface area contributed by atoms with Crippen molar-refractivity contribution in [1.82, 2.24) is 10.2 Å². The van der Waals surface area contributed by atoms with Crippen LogP contribution in [0.15, 0.2) is 0 Å². The van der Waals surface area contributed by atoms with Gasteiger partial charge in [-0.1, -0.05) is 0 Å². The topological polar surface area (TPSA) is 35.5 Å². The monoisotopic (exact) mass is 262 g/mol. The molecule has 0 saturated carbocycles. The van der Waals surface area contributed by atoms with Gasteiger partial charge in [-0.25, -0.2) is 0 Å². The van der Waals surface area contributed by atoms with Crippen LogP contribution >= 0.6 is 36.4 Å². The highest BCUT2D eigenvalue weighted by molar-refractivity contribution is 6.21. The van der Waals surface area contributed by atoms with Crippen LogP contribution in [-0.4, -0.2) is 53.7 Å². The zero-order chi connectivity index (χ0) is 8.72. The lowest BCUT2D eigenvalue weighted by Gasteiger charge is -2.23. The van der Waals surface area contributed by atoms with Gasteiger partial charge in [-0.15, -0.1) is 36.4 Å². The molecule has 2 saturated heterocycles. The SMILES string of the molecule is CNC1C(Cl)CN2CC[C@@H](O)[C@@H]12.Cl.Cl. The lowest BCUT2D eigenvalue weighted by molar-refractivity contribution is 0.123. The van der Waals surface area contributed by atoms with E-state index in [1.54, 1.807) is 0 Å². The normalized spacial score (nSPS) is 41.4. The van der Waals surface area contributed by atoms with Crippen LogP contribution in [0, 0.1) is 0 Å². The molecule has 2 N–H and O–H groups in total. The highest BCUT2D eigenvalue weighted by Crippen LogP contribution is 2.30. The fourth-order valence-corrected chi connectivity index (χ4v) is 2.90. The van der Waals surface area contributed by atoms with Crippen molar-refractivity contribution in [2.75, 3.05) is 20.1 Å². The molecule has 0 radical (unpaired) electrons. The zero-order valence-corrected chi connectivity index (χ0v) is 10.4. The number of aliphatic hydroxyl groups excluding tert-OH is 1. The molecule has 0 aromatic carbocycles. The molecular weight excluding hydrogens is 246 g/mol. The largest absolute Gasteiger partial charge is 0.391 e. The molecule has 2 heterocycles. The summed E-state index contributed by atoms with van der Waals surface area (Å²) in [5.74, 6) is 0. The minimum atomic E-state index is -0.189. The third kappa shape index (κ3) is 2.29. The van der Waals surface area contributed by atoms with Gasteiger partial charge in [0.1, 0.15) is 0 Å². The van der Waals surface area contributed by atoms with Crippen molar-refractivity contribution in [3.05, 3.63) is 0 Å². The Kier molecular flexibility index (Phi) is 6.04. The summed E-state index contributed by atoms with van der Waals surface area (Å²) in [5.41, 5.74) is 0. The van der Waals surface area contributed by atoms with Gasteiger partial charge in [0.25, 0.3) is 0 Å². The van der Waals surface area contributed by atoms with Crippen molar-refractivity contribution >= 4 is 36.4 Å². The van der Waals surface area contributed by atoms with Gasteiger partial charge in [0.15, 0.2) is 0 Å². The minimum Gasteiger partial charge on any atom is -0.391 e. The summed E-state index contributed by atoms with van der Waals surface area (Å²) in [4.78, 5) is 2.28. The van der Waals surface area contributed by atoms with Gasteiger partial charge in [-0.3, -0.25) is 4.90 Å². The minimum absolute atomic E-state index is 0. The van der Waals surface area contributed by atoms with E-state index in [2.05, 4.69) is 10.2 Å². The second-order valence-electron chi connectivity index (χ2n) is 3.67. The van der Waals surface area contributed by atoms with Crippen molar-refractivity contribution in [2.24, 2.45) is 0 Å². The van der Waals surface area contributed by atoms with Crippen LogP contribution in [0.3, 0.4) is 0 Å². The summed E-state index contributed by atoms with van der Waals surface area (Å²) < 4.78 is 0. The van der Waals surface area contributed by atoms with Gasteiger partial charge in [-0.05, 0) is 13.5 Å². The fraction of sp³-hybridized carbons (Fsp3) is 1.00. The summed E-state index contributed by atoms with van der Waals surface area (Å²) in [6.07, 6.45) is 0.707. The van der Waals surface area contributed by atoms with Gasteiger partial charge in [0.2, 0.25) is 0 Å². The van der Waals surface area contributed by atoms with E-state index in [-0.39, 0.29) is 48.4 Å². The third-order valence-corrected chi connectivity index (χ3v) is 3.44. The van der Waals surface area contributed by atoms with E-state index < -0.39 is 0 Å².